The van der Waals surface area contributed by atoms with E-state index in [2.05, 4.69) is 28.2 Å². The number of methoxy groups -OCH3 is 1. The maximum Gasteiger partial charge on any atom is 0.416 e. The Morgan fingerprint density at radius 3 is 2.57 bits per heavy atom. The monoisotopic (exact) mass is 432 g/mol. The fourth-order valence-electron chi connectivity index (χ4n) is 3.00. The fourth-order valence-corrected chi connectivity index (χ4v) is 3.84. The van der Waals surface area contributed by atoms with Gasteiger partial charge in [-0.25, -0.2) is 0 Å². The molecule has 3 aromatic rings. The molecule has 158 valence electrons. The first-order valence-corrected chi connectivity index (χ1v) is 10.4. The van der Waals surface area contributed by atoms with Gasteiger partial charge in [0.2, 0.25) is 0 Å². The Hall–Kier alpha value is -2.40. The summed E-state index contributed by atoms with van der Waals surface area (Å²) in [5.74, 6) is 6.39. The largest absolute Gasteiger partial charge is 0.416 e. The van der Waals surface area contributed by atoms with Gasteiger partial charge in [-0.1, -0.05) is 30.0 Å². The summed E-state index contributed by atoms with van der Waals surface area (Å²) in [7, 11) is 3.77. The molecule has 0 bridgehead atoms. The highest BCUT2D eigenvalue weighted by atomic mass is 32.1. The summed E-state index contributed by atoms with van der Waals surface area (Å²) in [5.41, 5.74) is 1.62. The minimum Gasteiger partial charge on any atom is -0.383 e. The Balaban J connectivity index is 1.65. The van der Waals surface area contributed by atoms with Crippen LogP contribution in [0.4, 0.5) is 13.2 Å². The lowest BCUT2D eigenvalue weighted by atomic mass is 10.0. The van der Waals surface area contributed by atoms with Crippen molar-refractivity contribution in [1.82, 2.24) is 9.27 Å². The number of rotatable bonds is 7. The van der Waals surface area contributed by atoms with Crippen molar-refractivity contribution in [3.63, 3.8) is 0 Å². The lowest BCUT2D eigenvalue weighted by molar-refractivity contribution is -0.137. The van der Waals surface area contributed by atoms with Crippen molar-refractivity contribution in [2.24, 2.45) is 0 Å². The van der Waals surface area contributed by atoms with E-state index >= 15 is 0 Å². The molecule has 0 spiro atoms. The van der Waals surface area contributed by atoms with Crippen LogP contribution >= 0.6 is 11.5 Å². The summed E-state index contributed by atoms with van der Waals surface area (Å²) >= 11 is 1.33. The number of nitrogens with zero attached hydrogens (tertiary/aromatic N) is 2. The van der Waals surface area contributed by atoms with E-state index in [-0.39, 0.29) is 0 Å². The highest BCUT2D eigenvalue weighted by molar-refractivity contribution is 7.13. The molecule has 7 heteroatoms. The maximum absolute atomic E-state index is 12.8. The molecule has 0 saturated carbocycles. The molecule has 0 fully saturated rings. The van der Waals surface area contributed by atoms with E-state index in [4.69, 9.17) is 4.74 Å². The molecule has 0 radical (unpaired) electrons. The van der Waals surface area contributed by atoms with Crippen LogP contribution in [-0.4, -0.2) is 43.1 Å². The number of alkyl halides is 3. The molecule has 0 saturated heterocycles. The number of hydrogen-bond donors (Lipinski definition) is 0. The van der Waals surface area contributed by atoms with Gasteiger partial charge in [0, 0.05) is 36.6 Å². The van der Waals surface area contributed by atoms with Gasteiger partial charge in [-0.2, -0.15) is 17.5 Å². The molecule has 0 amide bonds. The zero-order valence-corrected chi connectivity index (χ0v) is 17.7. The van der Waals surface area contributed by atoms with Crippen molar-refractivity contribution >= 4 is 21.6 Å². The first-order chi connectivity index (χ1) is 14.4. The summed E-state index contributed by atoms with van der Waals surface area (Å²) < 4.78 is 48.8. The molecule has 1 heterocycles. The number of unbranched alkanes of at least 4 members (excludes halogenated alkanes) is 1. The predicted octanol–water partition coefficient (Wildman–Crippen LogP) is 5.69. The van der Waals surface area contributed by atoms with Crippen molar-refractivity contribution in [2.45, 2.75) is 19.0 Å². The summed E-state index contributed by atoms with van der Waals surface area (Å²) in [5, 5.41) is 0.921. The van der Waals surface area contributed by atoms with Crippen molar-refractivity contribution in [2.75, 3.05) is 33.9 Å². The average Bonchev–Trinajstić information content (AvgIpc) is 3.14. The lowest BCUT2D eigenvalue weighted by Gasteiger charge is -2.14. The number of likely N-dealkylation sites (N-methyl/N-ethyl adjacent to an activating group) is 1. The highest BCUT2D eigenvalue weighted by Crippen LogP contribution is 2.34. The van der Waals surface area contributed by atoms with Crippen LogP contribution in [0.5, 0.6) is 0 Å². The van der Waals surface area contributed by atoms with Gasteiger partial charge in [-0.05, 0) is 55.8 Å². The van der Waals surface area contributed by atoms with Crippen molar-refractivity contribution in [3.05, 3.63) is 53.6 Å². The number of fused-ring (bicyclic) bond motifs is 1. The third kappa shape index (κ3) is 5.82. The third-order valence-corrected chi connectivity index (χ3v) is 5.52. The molecule has 0 atom stereocenters. The van der Waals surface area contributed by atoms with Crippen LogP contribution in [0, 0.1) is 11.8 Å². The number of ether oxygens (including phenoxy) is 1. The second-order valence-corrected chi connectivity index (χ2v) is 7.82. The van der Waals surface area contributed by atoms with Crippen LogP contribution in [0.15, 0.2) is 42.5 Å². The summed E-state index contributed by atoms with van der Waals surface area (Å²) in [6.45, 7) is 2.61. The van der Waals surface area contributed by atoms with Crippen molar-refractivity contribution in [3.8, 4) is 23.1 Å². The van der Waals surface area contributed by atoms with Crippen LogP contribution in [0.25, 0.3) is 21.3 Å². The van der Waals surface area contributed by atoms with Crippen molar-refractivity contribution < 1.29 is 17.9 Å². The van der Waals surface area contributed by atoms with E-state index < -0.39 is 11.7 Å². The van der Waals surface area contributed by atoms with E-state index in [1.54, 1.807) is 7.11 Å². The van der Waals surface area contributed by atoms with Crippen LogP contribution in [-0.2, 0) is 10.9 Å². The van der Waals surface area contributed by atoms with Crippen LogP contribution in [0.3, 0.4) is 0 Å². The third-order valence-electron chi connectivity index (χ3n) is 4.71. The predicted molar refractivity (Wildman–Crippen MR) is 116 cm³/mol. The standard InChI is InChI=1S/C23H23F3N2OS/c1-28(14-15-29-2)13-5-3-4-6-17-7-12-20-21(16-17)30-27-22(20)18-8-10-19(11-9-18)23(24,25)26/h7-12,16H,3,5,13-15H2,1-2H3. The molecule has 0 aliphatic heterocycles. The maximum atomic E-state index is 12.8. The highest BCUT2D eigenvalue weighted by Gasteiger charge is 2.30. The van der Waals surface area contributed by atoms with Crippen LogP contribution in [0.2, 0.25) is 0 Å². The summed E-state index contributed by atoms with van der Waals surface area (Å²) in [6.07, 6.45) is -2.53. The molecule has 0 aliphatic rings. The second-order valence-electron chi connectivity index (χ2n) is 7.02. The van der Waals surface area contributed by atoms with E-state index in [0.717, 1.165) is 60.3 Å². The van der Waals surface area contributed by atoms with Gasteiger partial charge in [0.25, 0.3) is 0 Å². The van der Waals surface area contributed by atoms with Gasteiger partial charge < -0.3 is 9.64 Å². The van der Waals surface area contributed by atoms with Gasteiger partial charge >= 0.3 is 6.18 Å². The number of benzene rings is 2. The van der Waals surface area contributed by atoms with E-state index in [1.165, 1.54) is 23.7 Å². The minimum absolute atomic E-state index is 0.659. The molecule has 1 aromatic heterocycles. The zero-order valence-electron chi connectivity index (χ0n) is 16.9. The molecule has 3 nitrogen and oxygen atoms in total. The van der Waals surface area contributed by atoms with Gasteiger partial charge in [0.1, 0.15) is 0 Å². The Morgan fingerprint density at radius 2 is 1.87 bits per heavy atom. The van der Waals surface area contributed by atoms with Crippen LogP contribution < -0.4 is 0 Å². The molecule has 30 heavy (non-hydrogen) atoms. The quantitative estimate of drug-likeness (QED) is 0.354. The Labute approximate surface area is 178 Å². The molecular formula is C23H23F3N2OS. The average molecular weight is 433 g/mol. The second kappa shape index (κ2) is 10.1. The van der Waals surface area contributed by atoms with Gasteiger partial charge in [0.15, 0.2) is 0 Å². The summed E-state index contributed by atoms with van der Waals surface area (Å²) in [6, 6.07) is 11.0. The van der Waals surface area contributed by atoms with Crippen LogP contribution in [0.1, 0.15) is 24.0 Å². The first-order valence-electron chi connectivity index (χ1n) is 9.62. The topological polar surface area (TPSA) is 25.4 Å². The van der Waals surface area contributed by atoms with Gasteiger partial charge in [0.05, 0.1) is 22.6 Å². The van der Waals surface area contributed by atoms with Crippen molar-refractivity contribution in [1.29, 1.82) is 0 Å². The molecular weight excluding hydrogens is 409 g/mol. The van der Waals surface area contributed by atoms with Gasteiger partial charge in [-0.3, -0.25) is 0 Å². The SMILES string of the molecule is COCCN(C)CCCC#Cc1ccc2c(-c3ccc(C(F)(F)F)cc3)nsc2c1. The number of hydrogen-bond acceptors (Lipinski definition) is 4. The number of halogens is 3. The molecule has 0 N–H and O–H groups in total. The lowest BCUT2D eigenvalue weighted by Crippen LogP contribution is -2.23. The zero-order chi connectivity index (χ0) is 21.6. The Kier molecular flexibility index (Phi) is 7.48. The van der Waals surface area contributed by atoms with E-state index in [1.807, 2.05) is 18.2 Å². The molecule has 2 aromatic carbocycles. The Bertz CT molecular complexity index is 1030. The summed E-state index contributed by atoms with van der Waals surface area (Å²) in [4.78, 5) is 2.22. The Morgan fingerprint density at radius 1 is 1.10 bits per heavy atom. The fraction of sp³-hybridized carbons (Fsp3) is 0.348. The molecule has 0 aliphatic carbocycles. The normalized spacial score (nSPS) is 11.7. The minimum atomic E-state index is -4.34. The van der Waals surface area contributed by atoms with Gasteiger partial charge in [-0.15, -0.1) is 0 Å². The molecule has 3 rings (SSSR count). The van der Waals surface area contributed by atoms with E-state index in [9.17, 15) is 13.2 Å². The van der Waals surface area contributed by atoms with E-state index in [0.29, 0.717) is 11.3 Å². The number of aromatic nitrogens is 1. The molecule has 0 unspecified atom stereocenters. The smallest absolute Gasteiger partial charge is 0.383 e. The first kappa shape index (κ1) is 22.3.